The molecule has 32 heavy (non-hydrogen) atoms. The highest BCUT2D eigenvalue weighted by Gasteiger charge is 2.08. The monoisotopic (exact) mass is 445 g/mol. The Kier molecular flexibility index (Phi) is 6.94. The summed E-state index contributed by atoms with van der Waals surface area (Å²) in [4.78, 5) is 0. The number of benzene rings is 3. The van der Waals surface area contributed by atoms with Crippen LogP contribution in [0.1, 0.15) is 18.1 Å². The van der Waals surface area contributed by atoms with E-state index < -0.39 is 0 Å². The molecule has 0 radical (unpaired) electrons. The van der Waals surface area contributed by atoms with Gasteiger partial charge in [-0.05, 0) is 66.7 Å². The van der Waals surface area contributed by atoms with Gasteiger partial charge in [0.2, 0.25) is 4.77 Å². The number of nitrogens with one attached hydrogen (secondary N) is 2. The molecule has 0 spiro atoms. The molecule has 0 amide bonds. The van der Waals surface area contributed by atoms with E-state index in [0.717, 1.165) is 28.2 Å². The lowest BCUT2D eigenvalue weighted by molar-refractivity contribution is 0.306. The largest absolute Gasteiger partial charge is 0.494 e. The minimum absolute atomic E-state index is 0.408. The van der Waals surface area contributed by atoms with E-state index in [2.05, 4.69) is 20.8 Å². The van der Waals surface area contributed by atoms with E-state index in [-0.39, 0.29) is 0 Å². The number of hydrogen-bond donors (Lipinski definition) is 2. The first-order chi connectivity index (χ1) is 15.7. The summed E-state index contributed by atoms with van der Waals surface area (Å²) in [5, 5.41) is 11.4. The van der Waals surface area contributed by atoms with Gasteiger partial charge in [0.1, 0.15) is 18.1 Å². The molecule has 0 saturated carbocycles. The number of aromatic nitrogens is 3. The van der Waals surface area contributed by atoms with Crippen LogP contribution >= 0.6 is 12.2 Å². The van der Waals surface area contributed by atoms with Crippen molar-refractivity contribution >= 4 is 18.4 Å². The fourth-order valence-corrected chi connectivity index (χ4v) is 3.21. The molecule has 0 bridgehead atoms. The van der Waals surface area contributed by atoms with Crippen LogP contribution in [0.25, 0.3) is 11.4 Å². The van der Waals surface area contributed by atoms with Crippen LogP contribution in [0.5, 0.6) is 11.5 Å². The summed E-state index contributed by atoms with van der Waals surface area (Å²) in [5.74, 6) is 2.19. The molecule has 1 heterocycles. The highest BCUT2D eigenvalue weighted by molar-refractivity contribution is 7.71. The van der Waals surface area contributed by atoms with Gasteiger partial charge in [-0.2, -0.15) is 14.9 Å². The average molecular weight is 446 g/mol. The van der Waals surface area contributed by atoms with Crippen molar-refractivity contribution in [3.8, 4) is 22.9 Å². The maximum atomic E-state index is 5.88. The van der Waals surface area contributed by atoms with Gasteiger partial charge < -0.3 is 9.47 Å². The molecule has 0 saturated heterocycles. The molecule has 4 rings (SSSR count). The number of nitrogens with zero attached hydrogens (tertiary/aromatic N) is 3. The van der Waals surface area contributed by atoms with Gasteiger partial charge in [-0.1, -0.05) is 42.5 Å². The second kappa shape index (κ2) is 10.4. The van der Waals surface area contributed by atoms with Crippen LogP contribution in [0.2, 0.25) is 0 Å². The predicted octanol–water partition coefficient (Wildman–Crippen LogP) is 5.16. The zero-order chi connectivity index (χ0) is 22.2. The third-order valence-electron chi connectivity index (χ3n) is 4.57. The van der Waals surface area contributed by atoms with Gasteiger partial charge in [-0.15, -0.1) is 0 Å². The molecule has 162 valence electrons. The molecule has 0 unspecified atom stereocenters. The molecule has 4 aromatic rings. The first-order valence-electron chi connectivity index (χ1n) is 10.2. The highest BCUT2D eigenvalue weighted by atomic mass is 32.1. The SMILES string of the molecule is CCOc1ccc(-c2n[nH]c(=S)n2N/N=C/c2cccc(OCc3ccccc3)c2)cc1. The number of ether oxygens (including phenoxy) is 2. The summed E-state index contributed by atoms with van der Waals surface area (Å²) in [6.07, 6.45) is 1.70. The molecule has 0 aliphatic carbocycles. The minimum atomic E-state index is 0.408. The smallest absolute Gasteiger partial charge is 0.216 e. The molecule has 0 aliphatic heterocycles. The lowest BCUT2D eigenvalue weighted by Crippen LogP contribution is -2.10. The molecule has 7 nitrogen and oxygen atoms in total. The predicted molar refractivity (Wildman–Crippen MR) is 128 cm³/mol. The second-order valence-electron chi connectivity index (χ2n) is 6.85. The zero-order valence-corrected chi connectivity index (χ0v) is 18.4. The Labute approximate surface area is 191 Å². The third kappa shape index (κ3) is 5.41. The first-order valence-corrected chi connectivity index (χ1v) is 10.6. The van der Waals surface area contributed by atoms with E-state index in [1.165, 1.54) is 0 Å². The summed E-state index contributed by atoms with van der Waals surface area (Å²) >= 11 is 5.34. The van der Waals surface area contributed by atoms with Crippen molar-refractivity contribution in [2.45, 2.75) is 13.5 Å². The van der Waals surface area contributed by atoms with Gasteiger partial charge >= 0.3 is 0 Å². The average Bonchev–Trinajstić information content (AvgIpc) is 3.20. The number of rotatable bonds is 9. The van der Waals surface area contributed by atoms with E-state index in [1.807, 2.05) is 85.8 Å². The first kappa shape index (κ1) is 21.3. The normalized spacial score (nSPS) is 10.9. The summed E-state index contributed by atoms with van der Waals surface area (Å²) < 4.78 is 13.4. The van der Waals surface area contributed by atoms with Gasteiger partial charge in [0.05, 0.1) is 12.8 Å². The Bertz CT molecular complexity index is 1230. The van der Waals surface area contributed by atoms with Crippen molar-refractivity contribution < 1.29 is 9.47 Å². The Morgan fingerprint density at radius 2 is 1.81 bits per heavy atom. The number of hydrogen-bond acceptors (Lipinski definition) is 6. The molecular weight excluding hydrogens is 422 g/mol. The zero-order valence-electron chi connectivity index (χ0n) is 17.6. The van der Waals surface area contributed by atoms with Crippen LogP contribution in [0, 0.1) is 4.77 Å². The van der Waals surface area contributed by atoms with E-state index in [4.69, 9.17) is 21.7 Å². The van der Waals surface area contributed by atoms with Crippen molar-refractivity contribution in [1.82, 2.24) is 14.9 Å². The van der Waals surface area contributed by atoms with E-state index in [0.29, 0.717) is 23.8 Å². The van der Waals surface area contributed by atoms with Crippen LogP contribution in [-0.2, 0) is 6.61 Å². The lowest BCUT2D eigenvalue weighted by atomic mass is 10.2. The molecule has 2 N–H and O–H groups in total. The Morgan fingerprint density at radius 3 is 2.59 bits per heavy atom. The topological polar surface area (TPSA) is 76.5 Å². The van der Waals surface area contributed by atoms with E-state index in [9.17, 15) is 0 Å². The summed E-state index contributed by atoms with van der Waals surface area (Å²) in [7, 11) is 0. The Hall–Kier alpha value is -3.91. The van der Waals surface area contributed by atoms with E-state index >= 15 is 0 Å². The Balaban J connectivity index is 1.43. The fourth-order valence-electron chi connectivity index (χ4n) is 3.04. The quantitative estimate of drug-likeness (QED) is 0.211. The van der Waals surface area contributed by atoms with Gasteiger partial charge in [-0.3, -0.25) is 0 Å². The molecule has 1 aromatic heterocycles. The summed E-state index contributed by atoms with van der Waals surface area (Å²) in [6, 6.07) is 25.4. The molecule has 3 aromatic carbocycles. The molecule has 8 heteroatoms. The molecular formula is C24H23N5O2S. The van der Waals surface area contributed by atoms with Gasteiger partial charge in [-0.25, -0.2) is 10.6 Å². The molecule has 0 atom stereocenters. The molecule has 0 fully saturated rings. The summed E-state index contributed by atoms with van der Waals surface area (Å²) in [6.45, 7) is 3.08. The van der Waals surface area contributed by atoms with E-state index in [1.54, 1.807) is 10.9 Å². The second-order valence-corrected chi connectivity index (χ2v) is 7.24. The van der Waals surface area contributed by atoms with Gasteiger partial charge in [0, 0.05) is 5.56 Å². The maximum Gasteiger partial charge on any atom is 0.216 e. The van der Waals surface area contributed by atoms with Crippen LogP contribution in [0.3, 0.4) is 0 Å². The maximum absolute atomic E-state index is 5.88. The lowest BCUT2D eigenvalue weighted by Gasteiger charge is -2.08. The van der Waals surface area contributed by atoms with Crippen molar-refractivity contribution in [3.05, 3.63) is 94.8 Å². The van der Waals surface area contributed by atoms with Crippen molar-refractivity contribution in [3.63, 3.8) is 0 Å². The minimum Gasteiger partial charge on any atom is -0.494 e. The standard InChI is InChI=1S/C24H23N5O2S/c1-2-30-21-13-11-20(12-14-21)23-26-27-24(32)29(23)28-25-16-19-9-6-10-22(15-19)31-17-18-7-4-3-5-8-18/h3-16,28H,2,17H2,1H3,(H,27,32)/b25-16+. The van der Waals surface area contributed by atoms with Crippen molar-refractivity contribution in [1.29, 1.82) is 0 Å². The van der Waals surface area contributed by atoms with Gasteiger partial charge in [0.25, 0.3) is 0 Å². The third-order valence-corrected chi connectivity index (χ3v) is 4.85. The van der Waals surface area contributed by atoms with Crippen LogP contribution in [0.15, 0.2) is 84.0 Å². The Morgan fingerprint density at radius 1 is 1.00 bits per heavy atom. The van der Waals surface area contributed by atoms with Gasteiger partial charge in [0.15, 0.2) is 5.82 Å². The van der Waals surface area contributed by atoms with Crippen molar-refractivity contribution in [2.24, 2.45) is 5.10 Å². The highest BCUT2D eigenvalue weighted by Crippen LogP contribution is 2.20. The van der Waals surface area contributed by atoms with Crippen LogP contribution in [-0.4, -0.2) is 27.7 Å². The molecule has 0 aliphatic rings. The van der Waals surface area contributed by atoms with Crippen LogP contribution < -0.4 is 15.0 Å². The number of hydrazone groups is 1. The fraction of sp³-hybridized carbons (Fsp3) is 0.125. The van der Waals surface area contributed by atoms with Crippen LogP contribution in [0.4, 0.5) is 0 Å². The number of H-pyrrole nitrogens is 1. The summed E-state index contributed by atoms with van der Waals surface area (Å²) in [5.41, 5.74) is 5.82. The van der Waals surface area contributed by atoms with Crippen molar-refractivity contribution in [2.75, 3.05) is 12.1 Å². The number of aromatic amines is 1.